The topological polar surface area (TPSA) is 58.6 Å². The molecule has 1 aliphatic rings. The fraction of sp³-hybridized carbons (Fsp3) is 0.529. The zero-order valence-corrected chi connectivity index (χ0v) is 15.0. The summed E-state index contributed by atoms with van der Waals surface area (Å²) < 4.78 is 6.48. The monoisotopic (exact) mass is 382 g/mol. The molecule has 0 spiro atoms. The molecule has 0 aliphatic carbocycles. The number of likely N-dealkylation sites (tertiary alicyclic amines) is 1. The van der Waals surface area contributed by atoms with Crippen molar-refractivity contribution < 1.29 is 14.3 Å². The maximum absolute atomic E-state index is 12.2. The number of nitrogens with one attached hydrogen (secondary N) is 1. The Bertz CT molecular complexity index is 525. The Labute approximate surface area is 145 Å². The average Bonchev–Trinajstić information content (AvgIpc) is 2.59. The van der Waals surface area contributed by atoms with E-state index in [0.29, 0.717) is 18.8 Å². The molecular formula is C17H23BrN2O3. The molecule has 2 amide bonds. The molecule has 1 aliphatic heterocycles. The Morgan fingerprint density at radius 2 is 1.91 bits per heavy atom. The van der Waals surface area contributed by atoms with Gasteiger partial charge in [-0.05, 0) is 43.5 Å². The van der Waals surface area contributed by atoms with Gasteiger partial charge in [-0.2, -0.15) is 0 Å². The summed E-state index contributed by atoms with van der Waals surface area (Å²) in [7, 11) is 0. The Kier molecular flexibility index (Phi) is 6.89. The number of halogens is 1. The molecule has 5 nitrogen and oxygen atoms in total. The molecule has 0 aromatic heterocycles. The van der Waals surface area contributed by atoms with Crippen LogP contribution in [0.15, 0.2) is 28.7 Å². The second-order valence-corrected chi connectivity index (χ2v) is 6.60. The molecule has 1 aromatic carbocycles. The summed E-state index contributed by atoms with van der Waals surface area (Å²) >= 11 is 3.36. The van der Waals surface area contributed by atoms with Crippen molar-refractivity contribution in [1.82, 2.24) is 10.2 Å². The van der Waals surface area contributed by atoms with E-state index >= 15 is 0 Å². The van der Waals surface area contributed by atoms with E-state index < -0.39 is 0 Å². The van der Waals surface area contributed by atoms with Gasteiger partial charge < -0.3 is 15.0 Å². The van der Waals surface area contributed by atoms with Crippen LogP contribution in [-0.4, -0.2) is 43.0 Å². The quantitative estimate of drug-likeness (QED) is 0.822. The van der Waals surface area contributed by atoms with E-state index in [1.807, 2.05) is 31.2 Å². The molecule has 2 rings (SSSR count). The number of ether oxygens (including phenoxy) is 1. The Morgan fingerprint density at radius 3 is 2.52 bits per heavy atom. The minimum absolute atomic E-state index is 0.0259. The predicted octanol–water partition coefficient (Wildman–Crippen LogP) is 2.59. The standard InChI is InChI=1S/C17H23BrN2O3/c1-2-9-19-17(22)13-7-10-20(11-8-13)16(21)12-23-15-5-3-14(18)4-6-15/h3-6,13H,2,7-12H2,1H3,(H,19,22). The van der Waals surface area contributed by atoms with Crippen LogP contribution in [0.3, 0.4) is 0 Å². The van der Waals surface area contributed by atoms with Crippen LogP contribution in [0, 0.1) is 5.92 Å². The van der Waals surface area contributed by atoms with E-state index in [-0.39, 0.29) is 24.3 Å². The first-order chi connectivity index (χ1) is 11.1. The summed E-state index contributed by atoms with van der Waals surface area (Å²) in [5.41, 5.74) is 0. The van der Waals surface area contributed by atoms with Crippen LogP contribution in [0.2, 0.25) is 0 Å². The molecule has 0 saturated carbocycles. The molecule has 1 heterocycles. The van der Waals surface area contributed by atoms with Gasteiger partial charge in [0.05, 0.1) is 0 Å². The highest BCUT2D eigenvalue weighted by Crippen LogP contribution is 2.19. The van der Waals surface area contributed by atoms with E-state index in [0.717, 1.165) is 30.3 Å². The zero-order chi connectivity index (χ0) is 16.7. The molecule has 0 atom stereocenters. The fourth-order valence-electron chi connectivity index (χ4n) is 2.55. The third-order valence-electron chi connectivity index (χ3n) is 3.94. The zero-order valence-electron chi connectivity index (χ0n) is 13.4. The molecule has 0 unspecified atom stereocenters. The lowest BCUT2D eigenvalue weighted by molar-refractivity contribution is -0.137. The van der Waals surface area contributed by atoms with Crippen LogP contribution >= 0.6 is 15.9 Å². The molecule has 23 heavy (non-hydrogen) atoms. The summed E-state index contributed by atoms with van der Waals surface area (Å²) in [6, 6.07) is 7.39. The number of benzene rings is 1. The van der Waals surface area contributed by atoms with Gasteiger partial charge in [0.1, 0.15) is 5.75 Å². The van der Waals surface area contributed by atoms with Crippen molar-refractivity contribution in [3.05, 3.63) is 28.7 Å². The van der Waals surface area contributed by atoms with Crippen molar-refractivity contribution in [2.45, 2.75) is 26.2 Å². The lowest BCUT2D eigenvalue weighted by Gasteiger charge is -2.31. The first-order valence-electron chi connectivity index (χ1n) is 8.04. The molecular weight excluding hydrogens is 360 g/mol. The predicted molar refractivity (Wildman–Crippen MR) is 92.2 cm³/mol. The second-order valence-electron chi connectivity index (χ2n) is 5.69. The van der Waals surface area contributed by atoms with Gasteiger partial charge in [-0.15, -0.1) is 0 Å². The third kappa shape index (κ3) is 5.53. The van der Waals surface area contributed by atoms with Crippen LogP contribution in [0.25, 0.3) is 0 Å². The van der Waals surface area contributed by atoms with Crippen LogP contribution in [0.4, 0.5) is 0 Å². The van der Waals surface area contributed by atoms with E-state index in [1.165, 1.54) is 0 Å². The largest absolute Gasteiger partial charge is 0.484 e. The van der Waals surface area contributed by atoms with Crippen LogP contribution < -0.4 is 10.1 Å². The SMILES string of the molecule is CCCNC(=O)C1CCN(C(=O)COc2ccc(Br)cc2)CC1. The van der Waals surface area contributed by atoms with Gasteiger partial charge in [0.15, 0.2) is 6.61 Å². The van der Waals surface area contributed by atoms with Crippen molar-refractivity contribution in [2.75, 3.05) is 26.2 Å². The summed E-state index contributed by atoms with van der Waals surface area (Å²) in [5, 5.41) is 2.93. The molecule has 0 radical (unpaired) electrons. The lowest BCUT2D eigenvalue weighted by atomic mass is 9.96. The van der Waals surface area contributed by atoms with Crippen LogP contribution in [0.5, 0.6) is 5.75 Å². The number of carbonyl (C=O) groups is 2. The van der Waals surface area contributed by atoms with Crippen LogP contribution in [0.1, 0.15) is 26.2 Å². The summed E-state index contributed by atoms with van der Waals surface area (Å²) in [6.45, 7) is 4.03. The number of hydrogen-bond acceptors (Lipinski definition) is 3. The van der Waals surface area contributed by atoms with Crippen molar-refractivity contribution >= 4 is 27.7 Å². The number of amides is 2. The molecule has 1 aromatic rings. The molecule has 1 N–H and O–H groups in total. The van der Waals surface area contributed by atoms with Gasteiger partial charge in [-0.3, -0.25) is 9.59 Å². The number of piperidine rings is 1. The maximum atomic E-state index is 12.2. The first-order valence-corrected chi connectivity index (χ1v) is 8.83. The van der Waals surface area contributed by atoms with Gasteiger partial charge >= 0.3 is 0 Å². The Balaban J connectivity index is 1.73. The van der Waals surface area contributed by atoms with Crippen molar-refractivity contribution in [3.8, 4) is 5.75 Å². The minimum Gasteiger partial charge on any atom is -0.484 e. The molecule has 1 saturated heterocycles. The average molecular weight is 383 g/mol. The highest BCUT2D eigenvalue weighted by Gasteiger charge is 2.27. The first kappa shape index (κ1) is 17.8. The smallest absolute Gasteiger partial charge is 0.260 e. The summed E-state index contributed by atoms with van der Waals surface area (Å²) in [5.74, 6) is 0.791. The van der Waals surface area contributed by atoms with Gasteiger partial charge in [0, 0.05) is 30.0 Å². The second kappa shape index (κ2) is 8.91. The summed E-state index contributed by atoms with van der Waals surface area (Å²) in [4.78, 5) is 25.9. The summed E-state index contributed by atoms with van der Waals surface area (Å²) in [6.07, 6.45) is 2.38. The molecule has 6 heteroatoms. The van der Waals surface area contributed by atoms with Crippen molar-refractivity contribution in [2.24, 2.45) is 5.92 Å². The maximum Gasteiger partial charge on any atom is 0.260 e. The molecule has 126 valence electrons. The number of hydrogen-bond donors (Lipinski definition) is 1. The minimum atomic E-state index is -0.0275. The van der Waals surface area contributed by atoms with Gasteiger partial charge in [-0.25, -0.2) is 0 Å². The lowest BCUT2D eigenvalue weighted by Crippen LogP contribution is -2.44. The van der Waals surface area contributed by atoms with Gasteiger partial charge in [0.2, 0.25) is 5.91 Å². The number of rotatable bonds is 6. The van der Waals surface area contributed by atoms with Crippen LogP contribution in [-0.2, 0) is 9.59 Å². The van der Waals surface area contributed by atoms with E-state index in [2.05, 4.69) is 21.2 Å². The van der Waals surface area contributed by atoms with Crippen molar-refractivity contribution in [1.29, 1.82) is 0 Å². The van der Waals surface area contributed by atoms with Crippen molar-refractivity contribution in [3.63, 3.8) is 0 Å². The molecule has 0 bridgehead atoms. The van der Waals surface area contributed by atoms with Gasteiger partial charge in [0.25, 0.3) is 5.91 Å². The fourth-order valence-corrected chi connectivity index (χ4v) is 2.82. The van der Waals surface area contributed by atoms with E-state index in [1.54, 1.807) is 4.90 Å². The highest BCUT2D eigenvalue weighted by molar-refractivity contribution is 9.10. The normalized spacial score (nSPS) is 15.3. The van der Waals surface area contributed by atoms with Gasteiger partial charge in [-0.1, -0.05) is 22.9 Å². The number of nitrogens with zero attached hydrogens (tertiary/aromatic N) is 1. The third-order valence-corrected chi connectivity index (χ3v) is 4.47. The highest BCUT2D eigenvalue weighted by atomic mass is 79.9. The Morgan fingerprint density at radius 1 is 1.26 bits per heavy atom. The van der Waals surface area contributed by atoms with E-state index in [9.17, 15) is 9.59 Å². The van der Waals surface area contributed by atoms with E-state index in [4.69, 9.17) is 4.74 Å². The molecule has 1 fully saturated rings. The number of carbonyl (C=O) groups excluding carboxylic acids is 2. The Hall–Kier alpha value is -1.56.